The lowest BCUT2D eigenvalue weighted by Gasteiger charge is -2.34. The lowest BCUT2D eigenvalue weighted by molar-refractivity contribution is 0.179. The smallest absolute Gasteiger partial charge is 0.220 e. The number of hydrogen-bond acceptors (Lipinski definition) is 4. The molecular formula is C14H24N4. The largest absolute Gasteiger partial charge is 0.368 e. The normalized spacial score (nSPS) is 18.9. The first kappa shape index (κ1) is 13.3. The summed E-state index contributed by atoms with van der Waals surface area (Å²) in [7, 11) is 0. The van der Waals surface area contributed by atoms with E-state index >= 15 is 0 Å². The Morgan fingerprint density at radius 1 is 1.33 bits per heavy atom. The molecule has 1 aromatic heterocycles. The second kappa shape index (κ2) is 6.14. The van der Waals surface area contributed by atoms with Crippen LogP contribution in [0.1, 0.15) is 44.4 Å². The molecular weight excluding hydrogens is 224 g/mol. The van der Waals surface area contributed by atoms with E-state index in [4.69, 9.17) is 5.73 Å². The van der Waals surface area contributed by atoms with Gasteiger partial charge in [-0.25, -0.2) is 9.97 Å². The third kappa shape index (κ3) is 2.99. The SMILES string of the molecule is CCCN(CCC)C1CCc2nc(N)ncc2C1. The van der Waals surface area contributed by atoms with Gasteiger partial charge in [-0.15, -0.1) is 0 Å². The number of fused-ring (bicyclic) bond motifs is 1. The topological polar surface area (TPSA) is 55.0 Å². The van der Waals surface area contributed by atoms with E-state index in [1.165, 1.54) is 37.9 Å². The van der Waals surface area contributed by atoms with Gasteiger partial charge in [-0.1, -0.05) is 13.8 Å². The van der Waals surface area contributed by atoms with Crippen LogP contribution in [-0.4, -0.2) is 34.0 Å². The van der Waals surface area contributed by atoms with Crippen molar-refractivity contribution in [2.24, 2.45) is 0 Å². The van der Waals surface area contributed by atoms with Gasteiger partial charge in [-0.05, 0) is 50.8 Å². The van der Waals surface area contributed by atoms with Crippen LogP contribution in [0.3, 0.4) is 0 Å². The molecule has 0 aromatic carbocycles. The van der Waals surface area contributed by atoms with E-state index in [0.717, 1.165) is 18.5 Å². The predicted molar refractivity (Wildman–Crippen MR) is 74.4 cm³/mol. The van der Waals surface area contributed by atoms with Gasteiger partial charge in [0.2, 0.25) is 5.95 Å². The van der Waals surface area contributed by atoms with Crippen LogP contribution >= 0.6 is 0 Å². The predicted octanol–water partition coefficient (Wildman–Crippen LogP) is 2.04. The zero-order valence-electron chi connectivity index (χ0n) is 11.5. The van der Waals surface area contributed by atoms with Crippen LogP contribution in [0.5, 0.6) is 0 Å². The molecule has 0 saturated heterocycles. The maximum Gasteiger partial charge on any atom is 0.220 e. The molecule has 0 amide bonds. The van der Waals surface area contributed by atoms with Crippen LogP contribution in [0.2, 0.25) is 0 Å². The highest BCUT2D eigenvalue weighted by atomic mass is 15.2. The second-order valence-corrected chi connectivity index (χ2v) is 5.13. The number of rotatable bonds is 5. The first-order chi connectivity index (χ1) is 8.74. The molecule has 1 aromatic rings. The van der Waals surface area contributed by atoms with Gasteiger partial charge >= 0.3 is 0 Å². The van der Waals surface area contributed by atoms with Gasteiger partial charge in [0.25, 0.3) is 0 Å². The molecule has 0 radical (unpaired) electrons. The standard InChI is InChI=1S/C14H24N4/c1-3-7-18(8-4-2)12-5-6-13-11(9-12)10-16-14(15)17-13/h10,12H,3-9H2,1-2H3,(H2,15,16,17). The summed E-state index contributed by atoms with van der Waals surface area (Å²) in [5, 5.41) is 0. The first-order valence-corrected chi connectivity index (χ1v) is 7.08. The van der Waals surface area contributed by atoms with E-state index in [1.807, 2.05) is 6.20 Å². The van der Waals surface area contributed by atoms with E-state index in [0.29, 0.717) is 12.0 Å². The molecule has 1 heterocycles. The third-order valence-electron chi connectivity index (χ3n) is 3.68. The highest BCUT2D eigenvalue weighted by Crippen LogP contribution is 2.23. The maximum atomic E-state index is 5.64. The van der Waals surface area contributed by atoms with Crippen molar-refractivity contribution in [1.82, 2.24) is 14.9 Å². The van der Waals surface area contributed by atoms with E-state index in [1.54, 1.807) is 0 Å². The minimum Gasteiger partial charge on any atom is -0.368 e. The van der Waals surface area contributed by atoms with Crippen molar-refractivity contribution in [3.63, 3.8) is 0 Å². The van der Waals surface area contributed by atoms with Gasteiger partial charge in [-0.3, -0.25) is 0 Å². The molecule has 18 heavy (non-hydrogen) atoms. The number of hydrogen-bond donors (Lipinski definition) is 1. The van der Waals surface area contributed by atoms with Crippen LogP contribution in [-0.2, 0) is 12.8 Å². The summed E-state index contributed by atoms with van der Waals surface area (Å²) in [5.41, 5.74) is 8.09. The Balaban J connectivity index is 2.07. The average Bonchev–Trinajstić information content (AvgIpc) is 2.38. The van der Waals surface area contributed by atoms with Gasteiger partial charge in [0, 0.05) is 17.9 Å². The van der Waals surface area contributed by atoms with Gasteiger partial charge in [-0.2, -0.15) is 0 Å². The zero-order chi connectivity index (χ0) is 13.0. The molecule has 2 rings (SSSR count). The van der Waals surface area contributed by atoms with Crippen molar-refractivity contribution >= 4 is 5.95 Å². The van der Waals surface area contributed by atoms with Crippen LogP contribution in [0.15, 0.2) is 6.20 Å². The van der Waals surface area contributed by atoms with Gasteiger partial charge < -0.3 is 10.6 Å². The lowest BCUT2D eigenvalue weighted by atomic mass is 9.91. The zero-order valence-corrected chi connectivity index (χ0v) is 11.5. The van der Waals surface area contributed by atoms with E-state index in [9.17, 15) is 0 Å². The number of nitrogen functional groups attached to an aromatic ring is 1. The molecule has 100 valence electrons. The highest BCUT2D eigenvalue weighted by molar-refractivity contribution is 5.28. The maximum absolute atomic E-state index is 5.64. The Morgan fingerprint density at radius 2 is 2.06 bits per heavy atom. The van der Waals surface area contributed by atoms with Gasteiger partial charge in [0.15, 0.2) is 0 Å². The average molecular weight is 248 g/mol. The first-order valence-electron chi connectivity index (χ1n) is 7.08. The molecule has 4 nitrogen and oxygen atoms in total. The van der Waals surface area contributed by atoms with E-state index < -0.39 is 0 Å². The van der Waals surface area contributed by atoms with Crippen LogP contribution < -0.4 is 5.73 Å². The van der Waals surface area contributed by atoms with Crippen LogP contribution in [0.25, 0.3) is 0 Å². The Bertz CT molecular complexity index is 385. The van der Waals surface area contributed by atoms with Gasteiger partial charge in [0.05, 0.1) is 0 Å². The number of anilines is 1. The Kier molecular flexibility index (Phi) is 4.53. The Labute approximate surface area is 110 Å². The molecule has 1 aliphatic rings. The van der Waals surface area contributed by atoms with Crippen molar-refractivity contribution in [3.05, 3.63) is 17.5 Å². The molecule has 1 aliphatic carbocycles. The second-order valence-electron chi connectivity index (χ2n) is 5.13. The fourth-order valence-electron chi connectivity index (χ4n) is 2.87. The number of aryl methyl sites for hydroxylation is 1. The minimum atomic E-state index is 0.408. The summed E-state index contributed by atoms with van der Waals surface area (Å²) >= 11 is 0. The Hall–Kier alpha value is -1.16. The Morgan fingerprint density at radius 3 is 2.72 bits per heavy atom. The molecule has 0 spiro atoms. The molecule has 4 heteroatoms. The fourth-order valence-corrected chi connectivity index (χ4v) is 2.87. The molecule has 2 N–H and O–H groups in total. The van der Waals surface area contributed by atoms with Crippen molar-refractivity contribution in [2.45, 2.75) is 52.0 Å². The summed E-state index contributed by atoms with van der Waals surface area (Å²) in [4.78, 5) is 11.1. The van der Waals surface area contributed by atoms with Crippen molar-refractivity contribution < 1.29 is 0 Å². The summed E-state index contributed by atoms with van der Waals surface area (Å²) in [5.74, 6) is 0.408. The van der Waals surface area contributed by atoms with Crippen LogP contribution in [0.4, 0.5) is 5.95 Å². The lowest BCUT2D eigenvalue weighted by Crippen LogP contribution is -2.40. The van der Waals surface area contributed by atoms with Gasteiger partial charge in [0.1, 0.15) is 0 Å². The minimum absolute atomic E-state index is 0.408. The third-order valence-corrected chi connectivity index (χ3v) is 3.68. The molecule has 0 bridgehead atoms. The summed E-state index contributed by atoms with van der Waals surface area (Å²) in [6.07, 6.45) is 7.68. The molecule has 0 saturated carbocycles. The molecule has 0 aliphatic heterocycles. The van der Waals surface area contributed by atoms with Crippen LogP contribution in [0, 0.1) is 0 Å². The number of nitrogens with zero attached hydrogens (tertiary/aromatic N) is 3. The molecule has 0 fully saturated rings. The summed E-state index contributed by atoms with van der Waals surface area (Å²) in [6, 6.07) is 0.657. The summed E-state index contributed by atoms with van der Waals surface area (Å²) < 4.78 is 0. The highest BCUT2D eigenvalue weighted by Gasteiger charge is 2.24. The van der Waals surface area contributed by atoms with Crippen molar-refractivity contribution in [3.8, 4) is 0 Å². The van der Waals surface area contributed by atoms with Crippen molar-refractivity contribution in [1.29, 1.82) is 0 Å². The van der Waals surface area contributed by atoms with Crippen molar-refractivity contribution in [2.75, 3.05) is 18.8 Å². The fraction of sp³-hybridized carbons (Fsp3) is 0.714. The van der Waals surface area contributed by atoms with E-state index in [2.05, 4.69) is 28.7 Å². The molecule has 1 atom stereocenters. The number of nitrogens with two attached hydrogens (primary N) is 1. The monoisotopic (exact) mass is 248 g/mol. The molecule has 1 unspecified atom stereocenters. The van der Waals surface area contributed by atoms with E-state index in [-0.39, 0.29) is 0 Å². The summed E-state index contributed by atoms with van der Waals surface area (Å²) in [6.45, 7) is 6.90. The quantitative estimate of drug-likeness (QED) is 0.866. The number of aromatic nitrogens is 2.